The lowest BCUT2D eigenvalue weighted by atomic mass is 10.2. The summed E-state index contributed by atoms with van der Waals surface area (Å²) in [6, 6.07) is 0.213. The van der Waals surface area contributed by atoms with Crippen LogP contribution in [0.4, 0.5) is 0 Å². The number of halogens is 2. The van der Waals surface area contributed by atoms with E-state index in [-0.39, 0.29) is 37.0 Å². The van der Waals surface area contributed by atoms with E-state index in [1.807, 2.05) is 6.92 Å². The van der Waals surface area contributed by atoms with Gasteiger partial charge in [0.2, 0.25) is 0 Å². The largest absolute Gasteiger partial charge is 0.376 e. The first-order valence-corrected chi connectivity index (χ1v) is 3.79. The van der Waals surface area contributed by atoms with E-state index in [2.05, 4.69) is 11.9 Å². The van der Waals surface area contributed by atoms with Crippen LogP contribution in [0.2, 0.25) is 0 Å². The highest BCUT2D eigenvalue weighted by Gasteiger charge is 2.27. The fraction of sp³-hybridized carbons (Fsp3) is 1.00. The van der Waals surface area contributed by atoms with E-state index in [0.29, 0.717) is 0 Å². The van der Waals surface area contributed by atoms with Crippen LogP contribution in [0.5, 0.6) is 0 Å². The Labute approximate surface area is 86.4 Å². The van der Waals surface area contributed by atoms with Gasteiger partial charge in [0, 0.05) is 25.7 Å². The van der Waals surface area contributed by atoms with E-state index in [1.54, 1.807) is 0 Å². The minimum atomic E-state index is 0. The van der Waals surface area contributed by atoms with E-state index in [4.69, 9.17) is 10.5 Å². The molecule has 0 spiro atoms. The molecule has 0 aromatic heterocycles. The number of hydrogen-bond donors (Lipinski definition) is 1. The molecule has 0 saturated carbocycles. The van der Waals surface area contributed by atoms with Crippen molar-refractivity contribution in [2.24, 2.45) is 5.73 Å². The van der Waals surface area contributed by atoms with Crippen LogP contribution in [-0.2, 0) is 4.74 Å². The fourth-order valence-electron chi connectivity index (χ4n) is 1.38. The molecule has 3 nitrogen and oxygen atoms in total. The summed E-state index contributed by atoms with van der Waals surface area (Å²) in [4.78, 5) is 2.20. The van der Waals surface area contributed by atoms with Gasteiger partial charge in [0.05, 0.1) is 6.10 Å². The predicted molar refractivity (Wildman–Crippen MR) is 55.4 cm³/mol. The lowest BCUT2D eigenvalue weighted by molar-refractivity contribution is 0.0619. The highest BCUT2D eigenvalue weighted by atomic mass is 35.5. The second-order valence-corrected chi connectivity index (χ2v) is 2.88. The van der Waals surface area contributed by atoms with Gasteiger partial charge in [-0.1, -0.05) is 0 Å². The van der Waals surface area contributed by atoms with Crippen LogP contribution in [0.25, 0.3) is 0 Å². The number of nitrogens with two attached hydrogens (primary N) is 1. The molecule has 0 unspecified atom stereocenters. The molecular weight excluding hydrogens is 199 g/mol. The Kier molecular flexibility index (Phi) is 8.63. The van der Waals surface area contributed by atoms with Gasteiger partial charge in [-0.2, -0.15) is 0 Å². The Hall–Kier alpha value is 0.460. The van der Waals surface area contributed by atoms with E-state index in [0.717, 1.165) is 19.7 Å². The normalized spacial score (nSPS) is 29.2. The Morgan fingerprint density at radius 2 is 2.00 bits per heavy atom. The Balaban J connectivity index is 0. The summed E-state index contributed by atoms with van der Waals surface area (Å²) in [5.74, 6) is 0. The third kappa shape index (κ3) is 3.92. The van der Waals surface area contributed by atoms with Gasteiger partial charge in [0.25, 0.3) is 0 Å². The maximum absolute atomic E-state index is 5.79. The molecule has 0 aromatic carbocycles. The molecule has 1 saturated heterocycles. The zero-order chi connectivity index (χ0) is 7.56. The molecular formula is C7H18Cl2N2O. The van der Waals surface area contributed by atoms with Gasteiger partial charge in [0.15, 0.2) is 0 Å². The topological polar surface area (TPSA) is 38.5 Å². The van der Waals surface area contributed by atoms with Crippen molar-refractivity contribution in [3.05, 3.63) is 0 Å². The van der Waals surface area contributed by atoms with Gasteiger partial charge in [0.1, 0.15) is 0 Å². The van der Waals surface area contributed by atoms with E-state index in [1.165, 1.54) is 0 Å². The van der Waals surface area contributed by atoms with Crippen molar-refractivity contribution < 1.29 is 4.74 Å². The fourth-order valence-corrected chi connectivity index (χ4v) is 1.38. The SMILES string of the molecule is CCO[C@H]1CN(C)C[C@@H]1N.Cl.Cl. The van der Waals surface area contributed by atoms with Crippen LogP contribution in [0, 0.1) is 0 Å². The number of likely N-dealkylation sites (tertiary alicyclic amines) is 1. The summed E-state index contributed by atoms with van der Waals surface area (Å²) in [5, 5.41) is 0. The van der Waals surface area contributed by atoms with E-state index >= 15 is 0 Å². The van der Waals surface area contributed by atoms with Crippen molar-refractivity contribution in [3.63, 3.8) is 0 Å². The maximum atomic E-state index is 5.79. The van der Waals surface area contributed by atoms with Gasteiger partial charge in [-0.25, -0.2) is 0 Å². The second kappa shape index (κ2) is 6.92. The van der Waals surface area contributed by atoms with Crippen molar-refractivity contribution in [2.45, 2.75) is 19.1 Å². The third-order valence-corrected chi connectivity index (χ3v) is 1.87. The van der Waals surface area contributed by atoms with Gasteiger partial charge < -0.3 is 15.4 Å². The van der Waals surface area contributed by atoms with Crippen molar-refractivity contribution in [2.75, 3.05) is 26.7 Å². The maximum Gasteiger partial charge on any atom is 0.0864 e. The van der Waals surface area contributed by atoms with Crippen molar-refractivity contribution in [1.29, 1.82) is 0 Å². The Morgan fingerprint density at radius 1 is 1.42 bits per heavy atom. The summed E-state index contributed by atoms with van der Waals surface area (Å²) >= 11 is 0. The number of ether oxygens (including phenoxy) is 1. The average Bonchev–Trinajstić information content (AvgIpc) is 2.13. The van der Waals surface area contributed by atoms with Crippen molar-refractivity contribution in [3.8, 4) is 0 Å². The lowest BCUT2D eigenvalue weighted by Gasteiger charge is -2.13. The zero-order valence-electron chi connectivity index (χ0n) is 7.53. The molecule has 1 aliphatic rings. The van der Waals surface area contributed by atoms with Crippen LogP contribution in [-0.4, -0.2) is 43.8 Å². The minimum absolute atomic E-state index is 0. The minimum Gasteiger partial charge on any atom is -0.376 e. The molecule has 1 fully saturated rings. The van der Waals surface area contributed by atoms with Gasteiger partial charge in [-0.3, -0.25) is 0 Å². The molecule has 0 aromatic rings. The summed E-state index contributed by atoms with van der Waals surface area (Å²) in [6.07, 6.45) is 0.259. The molecule has 1 rings (SSSR count). The number of likely N-dealkylation sites (N-methyl/N-ethyl adjacent to an activating group) is 1. The molecule has 2 atom stereocenters. The van der Waals surface area contributed by atoms with Crippen LogP contribution >= 0.6 is 24.8 Å². The molecule has 0 aliphatic carbocycles. The van der Waals surface area contributed by atoms with Crippen LogP contribution in [0.1, 0.15) is 6.92 Å². The Morgan fingerprint density at radius 3 is 2.33 bits per heavy atom. The van der Waals surface area contributed by atoms with Crippen molar-refractivity contribution in [1.82, 2.24) is 4.90 Å². The lowest BCUT2D eigenvalue weighted by Crippen LogP contribution is -2.35. The third-order valence-electron chi connectivity index (χ3n) is 1.87. The summed E-state index contributed by atoms with van der Waals surface area (Å²) in [5.41, 5.74) is 5.79. The molecule has 0 amide bonds. The monoisotopic (exact) mass is 216 g/mol. The van der Waals surface area contributed by atoms with Gasteiger partial charge in [-0.15, -0.1) is 24.8 Å². The number of nitrogens with zero attached hydrogens (tertiary/aromatic N) is 1. The summed E-state index contributed by atoms with van der Waals surface area (Å²) in [7, 11) is 2.07. The molecule has 0 radical (unpaired) electrons. The number of hydrogen-bond acceptors (Lipinski definition) is 3. The Bertz CT molecular complexity index is 116. The number of rotatable bonds is 2. The first kappa shape index (κ1) is 15.0. The van der Waals surface area contributed by atoms with Gasteiger partial charge in [-0.05, 0) is 14.0 Å². The molecule has 1 heterocycles. The summed E-state index contributed by atoms with van der Waals surface area (Å²) in [6.45, 7) is 4.72. The van der Waals surface area contributed by atoms with Crippen LogP contribution in [0.3, 0.4) is 0 Å². The molecule has 12 heavy (non-hydrogen) atoms. The van der Waals surface area contributed by atoms with E-state index in [9.17, 15) is 0 Å². The first-order chi connectivity index (χ1) is 4.74. The molecule has 1 aliphatic heterocycles. The quantitative estimate of drug-likeness (QED) is 0.732. The second-order valence-electron chi connectivity index (χ2n) is 2.88. The highest BCUT2D eigenvalue weighted by molar-refractivity contribution is 5.85. The van der Waals surface area contributed by atoms with Gasteiger partial charge >= 0.3 is 0 Å². The molecule has 2 N–H and O–H groups in total. The molecule has 5 heteroatoms. The van der Waals surface area contributed by atoms with Crippen LogP contribution in [0.15, 0.2) is 0 Å². The predicted octanol–water partition coefficient (Wildman–Crippen LogP) is 0.508. The van der Waals surface area contributed by atoms with Crippen LogP contribution < -0.4 is 5.73 Å². The molecule has 0 bridgehead atoms. The standard InChI is InChI=1S/C7H16N2O.2ClH/c1-3-10-7-5-9(2)4-6(7)8;;/h6-7H,3-5,8H2,1-2H3;2*1H/t6-,7-;;/m0../s1. The average molecular weight is 217 g/mol. The first-order valence-electron chi connectivity index (χ1n) is 3.79. The zero-order valence-corrected chi connectivity index (χ0v) is 9.16. The van der Waals surface area contributed by atoms with Crippen molar-refractivity contribution >= 4 is 24.8 Å². The van der Waals surface area contributed by atoms with E-state index < -0.39 is 0 Å². The smallest absolute Gasteiger partial charge is 0.0864 e. The summed E-state index contributed by atoms with van der Waals surface area (Å²) < 4.78 is 5.42. The molecule has 76 valence electrons. The highest BCUT2D eigenvalue weighted by Crippen LogP contribution is 2.08.